The third-order valence-electron chi connectivity index (χ3n) is 13.2. The Kier molecular flexibility index (Phi) is 52.6. The summed E-state index contributed by atoms with van der Waals surface area (Å²) in [6, 6.07) is -0.560. The molecule has 0 fully saturated rings. The lowest BCUT2D eigenvalue weighted by atomic mass is 10.0. The quantitative estimate of drug-likeness (QED) is 0.0321. The van der Waals surface area contributed by atoms with Crippen molar-refractivity contribution in [3.63, 3.8) is 0 Å². The molecule has 0 aliphatic heterocycles. The average molecular weight is 903 g/mol. The van der Waals surface area contributed by atoms with Crippen molar-refractivity contribution >= 4 is 11.9 Å². The Balaban J connectivity index is 3.48. The molecule has 2 atom stereocenters. The standard InChI is InChI=1S/C58H111NO5/c1-3-5-7-9-11-13-15-17-19-21-22-23-25-27-32-36-40-44-48-52-58(63)64-53-49-45-41-37-33-29-28-31-35-39-43-47-51-57(62)59-55(54-60)56(61)50-46-42-38-34-30-26-24-20-18-16-14-12-10-8-6-4-2/h17,19,29,33,55-56,60-61H,3-16,18,20-28,30-32,34-54H2,1-2H3,(H,59,62)/b19-17-,33-29-. The maximum absolute atomic E-state index is 12.5. The molecule has 0 spiro atoms. The molecular weight excluding hydrogens is 791 g/mol. The van der Waals surface area contributed by atoms with Crippen molar-refractivity contribution in [2.75, 3.05) is 13.2 Å². The van der Waals surface area contributed by atoms with Crippen molar-refractivity contribution < 1.29 is 24.5 Å². The third kappa shape index (κ3) is 49.8. The number of amides is 1. The second-order valence-electron chi connectivity index (χ2n) is 19.6. The second kappa shape index (κ2) is 54.0. The first-order chi connectivity index (χ1) is 31.5. The van der Waals surface area contributed by atoms with E-state index in [-0.39, 0.29) is 18.5 Å². The van der Waals surface area contributed by atoms with Crippen LogP contribution in [0.1, 0.15) is 309 Å². The molecule has 2 unspecified atom stereocenters. The van der Waals surface area contributed by atoms with Crippen LogP contribution in [0.4, 0.5) is 0 Å². The predicted molar refractivity (Wildman–Crippen MR) is 278 cm³/mol. The Morgan fingerprint density at radius 1 is 0.422 bits per heavy atom. The molecule has 0 heterocycles. The smallest absolute Gasteiger partial charge is 0.305 e. The monoisotopic (exact) mass is 902 g/mol. The number of hydrogen-bond acceptors (Lipinski definition) is 5. The summed E-state index contributed by atoms with van der Waals surface area (Å²) in [6.07, 6.45) is 64.5. The number of rotatable bonds is 53. The van der Waals surface area contributed by atoms with Crippen LogP contribution in [0.15, 0.2) is 24.3 Å². The topological polar surface area (TPSA) is 95.9 Å². The zero-order valence-electron chi connectivity index (χ0n) is 43.0. The summed E-state index contributed by atoms with van der Waals surface area (Å²) in [4.78, 5) is 24.5. The Labute approximate surface area is 399 Å². The lowest BCUT2D eigenvalue weighted by Gasteiger charge is -2.22. The highest BCUT2D eigenvalue weighted by atomic mass is 16.5. The van der Waals surface area contributed by atoms with Crippen LogP contribution in [-0.4, -0.2) is 47.4 Å². The van der Waals surface area contributed by atoms with E-state index in [9.17, 15) is 19.8 Å². The van der Waals surface area contributed by atoms with Gasteiger partial charge in [0, 0.05) is 12.8 Å². The Hall–Kier alpha value is -1.66. The molecule has 0 saturated heterocycles. The number of hydrogen-bond donors (Lipinski definition) is 3. The minimum atomic E-state index is -0.680. The van der Waals surface area contributed by atoms with E-state index in [1.165, 1.54) is 199 Å². The molecule has 6 heteroatoms. The van der Waals surface area contributed by atoms with Crippen molar-refractivity contribution in [2.24, 2.45) is 0 Å². The van der Waals surface area contributed by atoms with Crippen LogP contribution in [0, 0.1) is 0 Å². The predicted octanol–water partition coefficient (Wildman–Crippen LogP) is 17.5. The van der Waals surface area contributed by atoms with Gasteiger partial charge in [0.1, 0.15) is 0 Å². The number of aliphatic hydroxyl groups is 2. The lowest BCUT2D eigenvalue weighted by molar-refractivity contribution is -0.143. The van der Waals surface area contributed by atoms with E-state index in [0.717, 1.165) is 77.0 Å². The number of esters is 1. The third-order valence-corrected chi connectivity index (χ3v) is 13.2. The molecule has 0 aliphatic rings. The Morgan fingerprint density at radius 3 is 1.11 bits per heavy atom. The molecule has 0 aliphatic carbocycles. The molecule has 0 radical (unpaired) electrons. The molecule has 6 nitrogen and oxygen atoms in total. The van der Waals surface area contributed by atoms with E-state index in [1.807, 2.05) is 0 Å². The molecule has 0 rings (SSSR count). The lowest BCUT2D eigenvalue weighted by Crippen LogP contribution is -2.45. The number of aliphatic hydroxyl groups excluding tert-OH is 2. The first kappa shape index (κ1) is 62.3. The van der Waals surface area contributed by atoms with Crippen LogP contribution in [0.2, 0.25) is 0 Å². The van der Waals surface area contributed by atoms with E-state index < -0.39 is 12.1 Å². The van der Waals surface area contributed by atoms with Gasteiger partial charge in [-0.15, -0.1) is 0 Å². The number of carbonyl (C=O) groups excluding carboxylic acids is 2. The van der Waals surface area contributed by atoms with Gasteiger partial charge < -0.3 is 20.3 Å². The average Bonchev–Trinajstić information content (AvgIpc) is 3.29. The molecule has 0 aromatic rings. The van der Waals surface area contributed by atoms with Crippen molar-refractivity contribution in [1.29, 1.82) is 0 Å². The number of ether oxygens (including phenoxy) is 1. The van der Waals surface area contributed by atoms with Crippen LogP contribution in [0.25, 0.3) is 0 Å². The summed E-state index contributed by atoms with van der Waals surface area (Å²) in [5, 5.41) is 23.3. The fourth-order valence-corrected chi connectivity index (χ4v) is 8.81. The molecule has 0 aromatic heterocycles. The van der Waals surface area contributed by atoms with Gasteiger partial charge in [0.05, 0.1) is 25.4 Å². The maximum Gasteiger partial charge on any atom is 0.305 e. The second-order valence-corrected chi connectivity index (χ2v) is 19.6. The van der Waals surface area contributed by atoms with Gasteiger partial charge in [0.25, 0.3) is 0 Å². The van der Waals surface area contributed by atoms with Gasteiger partial charge in [-0.25, -0.2) is 0 Å². The van der Waals surface area contributed by atoms with Gasteiger partial charge in [-0.2, -0.15) is 0 Å². The molecule has 0 aromatic carbocycles. The fourth-order valence-electron chi connectivity index (χ4n) is 8.81. The molecular formula is C58H111NO5. The molecule has 0 saturated carbocycles. The minimum Gasteiger partial charge on any atom is -0.466 e. The minimum absolute atomic E-state index is 0.0228. The van der Waals surface area contributed by atoms with Gasteiger partial charge >= 0.3 is 5.97 Å². The largest absolute Gasteiger partial charge is 0.466 e. The van der Waals surface area contributed by atoms with Crippen molar-refractivity contribution in [2.45, 2.75) is 321 Å². The molecule has 0 bridgehead atoms. The van der Waals surface area contributed by atoms with Crippen LogP contribution >= 0.6 is 0 Å². The fraction of sp³-hybridized carbons (Fsp3) is 0.897. The summed E-state index contributed by atoms with van der Waals surface area (Å²) >= 11 is 0. The van der Waals surface area contributed by atoms with Crippen LogP contribution < -0.4 is 5.32 Å². The Morgan fingerprint density at radius 2 is 0.734 bits per heavy atom. The van der Waals surface area contributed by atoms with Gasteiger partial charge in [-0.05, 0) is 83.5 Å². The number of allylic oxidation sites excluding steroid dienone is 4. The summed E-state index contributed by atoms with van der Waals surface area (Å²) < 4.78 is 5.46. The maximum atomic E-state index is 12.5. The normalized spacial score (nSPS) is 12.8. The molecule has 1 amide bonds. The highest BCUT2D eigenvalue weighted by molar-refractivity contribution is 5.76. The van der Waals surface area contributed by atoms with Crippen LogP contribution in [0.3, 0.4) is 0 Å². The number of carbonyl (C=O) groups is 2. The van der Waals surface area contributed by atoms with Crippen molar-refractivity contribution in [3.8, 4) is 0 Å². The van der Waals surface area contributed by atoms with Crippen molar-refractivity contribution in [1.82, 2.24) is 5.32 Å². The van der Waals surface area contributed by atoms with E-state index >= 15 is 0 Å². The summed E-state index contributed by atoms with van der Waals surface area (Å²) in [5.74, 6) is -0.0821. The number of unbranched alkanes of at least 4 members (excludes halogenated alkanes) is 38. The first-order valence-electron chi connectivity index (χ1n) is 28.6. The van der Waals surface area contributed by atoms with Gasteiger partial charge in [0.15, 0.2) is 0 Å². The SMILES string of the molecule is CCCCCCCC/C=C\CCCCCCCCCCCC(=O)OCCCCC/C=C\CCCCCCCC(=O)NC(CO)C(O)CCCCCCCCCCCCCCCCCC. The Bertz CT molecular complexity index is 997. The molecule has 3 N–H and O–H groups in total. The van der Waals surface area contributed by atoms with Crippen LogP contribution in [0.5, 0.6) is 0 Å². The van der Waals surface area contributed by atoms with E-state index in [2.05, 4.69) is 43.5 Å². The van der Waals surface area contributed by atoms with Crippen molar-refractivity contribution in [3.05, 3.63) is 24.3 Å². The molecule has 64 heavy (non-hydrogen) atoms. The number of nitrogens with one attached hydrogen (secondary N) is 1. The van der Waals surface area contributed by atoms with E-state index in [0.29, 0.717) is 25.9 Å². The first-order valence-corrected chi connectivity index (χ1v) is 28.6. The van der Waals surface area contributed by atoms with E-state index in [4.69, 9.17) is 4.74 Å². The van der Waals surface area contributed by atoms with E-state index in [1.54, 1.807) is 0 Å². The summed E-state index contributed by atoms with van der Waals surface area (Å²) in [7, 11) is 0. The highest BCUT2D eigenvalue weighted by Gasteiger charge is 2.20. The van der Waals surface area contributed by atoms with Crippen LogP contribution in [-0.2, 0) is 14.3 Å². The molecule has 378 valence electrons. The summed E-state index contributed by atoms with van der Waals surface area (Å²) in [5.41, 5.74) is 0. The zero-order chi connectivity index (χ0) is 46.5. The zero-order valence-corrected chi connectivity index (χ0v) is 43.0. The van der Waals surface area contributed by atoms with Gasteiger partial charge in [-0.3, -0.25) is 9.59 Å². The van der Waals surface area contributed by atoms with Gasteiger partial charge in [0.2, 0.25) is 5.91 Å². The van der Waals surface area contributed by atoms with Gasteiger partial charge in [-0.1, -0.05) is 237 Å². The highest BCUT2D eigenvalue weighted by Crippen LogP contribution is 2.17. The summed E-state index contributed by atoms with van der Waals surface area (Å²) in [6.45, 7) is 4.90.